The molecule has 1 nitrogen and oxygen atoms in total. The lowest BCUT2D eigenvalue weighted by Crippen LogP contribution is -1.60. The fourth-order valence-corrected chi connectivity index (χ4v) is 0.129. The van der Waals surface area contributed by atoms with Gasteiger partial charge in [-0.1, -0.05) is 6.90 Å². The van der Waals surface area contributed by atoms with Crippen LogP contribution >= 0.6 is 0 Å². The van der Waals surface area contributed by atoms with Gasteiger partial charge in [0, 0.05) is 8.42 Å². The Hall–Kier alpha value is -0.330. The lowest BCUT2D eigenvalue weighted by molar-refractivity contribution is 1.29. The molecule has 0 N–H and O–H groups in total. The largest absolute Gasteiger partial charge is 0.301 e. The highest BCUT2D eigenvalue weighted by molar-refractivity contribution is 5.56. The quantitative estimate of drug-likeness (QED) is 0.411. The Morgan fingerprint density at radius 2 is 3.00 bits per heavy atom. The molecule has 30 valence electrons. The minimum Gasteiger partial charge on any atom is -0.301 e. The highest BCUT2D eigenvalue weighted by Crippen LogP contribution is 1.60. The third-order valence-corrected chi connectivity index (χ3v) is 0.312. The summed E-state index contributed by atoms with van der Waals surface area (Å²) in [4.78, 5) is 3.68. The fraction of sp³-hybridized carbons (Fsp3) is 0.750. The van der Waals surface area contributed by atoms with Crippen molar-refractivity contribution in [2.24, 2.45) is 4.99 Å². The summed E-state index contributed by atoms with van der Waals surface area (Å²) in [5, 5.41) is 0. The van der Waals surface area contributed by atoms with E-state index >= 15 is 0 Å². The van der Waals surface area contributed by atoms with Gasteiger partial charge in [0.2, 0.25) is 0 Å². The zero-order valence-corrected chi connectivity index (χ0v) is 3.44. The summed E-state index contributed by atoms with van der Waals surface area (Å²) in [6, 6.07) is 0. The molecule has 0 saturated carbocycles. The summed E-state index contributed by atoms with van der Waals surface area (Å²) in [5.41, 5.74) is 0. The molecule has 0 fully saturated rings. The Labute approximate surface area is 34.1 Å². The van der Waals surface area contributed by atoms with E-state index in [1.54, 1.807) is 13.3 Å². The molecule has 1 heteroatoms. The molecular formula is C4H9N. The van der Waals surface area contributed by atoms with Gasteiger partial charge < -0.3 is 4.99 Å². The number of rotatable bonds is 1. The van der Waals surface area contributed by atoms with E-state index in [9.17, 15) is 0 Å². The van der Waals surface area contributed by atoms with E-state index in [1.807, 2.05) is 0 Å². The van der Waals surface area contributed by atoms with Gasteiger partial charge in [-0.05, 0) is 12.6 Å². The van der Waals surface area contributed by atoms with Crippen LogP contribution in [0.4, 0.5) is 0 Å². The van der Waals surface area contributed by atoms with Gasteiger partial charge in [-0.2, -0.15) is 0 Å². The molecule has 0 unspecified atom stereocenters. The summed E-state index contributed by atoms with van der Waals surface area (Å²) in [6.07, 6.45) is 2.53. The number of aliphatic imine (C=N–C) groups is 1. The molecule has 0 radical (unpaired) electrons. The lowest BCUT2D eigenvalue weighted by Gasteiger charge is -1.65. The highest BCUT2D eigenvalue weighted by Gasteiger charge is 1.53. The van der Waals surface area contributed by atoms with E-state index in [2.05, 4.69) is 4.99 Å². The maximum Gasteiger partial charge on any atom is 0.0273 e. The minimum atomic E-state index is 0.456. The molecule has 0 bridgehead atoms. The molecule has 0 aliphatic heterocycles. The van der Waals surface area contributed by atoms with Crippen LogP contribution in [-0.4, -0.2) is 13.3 Å². The number of nitrogens with zero attached hydrogens (tertiary/aromatic N) is 1. The van der Waals surface area contributed by atoms with Crippen LogP contribution in [0.2, 0.25) is 0 Å². The van der Waals surface area contributed by atoms with Crippen LogP contribution in [0.25, 0.3) is 0 Å². The third kappa shape index (κ3) is 3.67. The topological polar surface area (TPSA) is 12.4 Å². The zero-order chi connectivity index (χ0) is 4.83. The third-order valence-electron chi connectivity index (χ3n) is 0.312. The van der Waals surface area contributed by atoms with E-state index in [0.29, 0.717) is 6.90 Å². The van der Waals surface area contributed by atoms with Crippen LogP contribution in [0.3, 0.4) is 0 Å². The van der Waals surface area contributed by atoms with Gasteiger partial charge in [-0.25, -0.2) is 0 Å². The maximum atomic E-state index is 6.61. The van der Waals surface area contributed by atoms with Crippen molar-refractivity contribution < 1.29 is 1.37 Å². The lowest BCUT2D eigenvalue weighted by atomic mass is 10.5. The minimum absolute atomic E-state index is 0.456. The van der Waals surface area contributed by atoms with E-state index < -0.39 is 0 Å². The average molecular weight is 72.1 g/mol. The first-order valence-corrected chi connectivity index (χ1v) is 1.61. The fourth-order valence-electron chi connectivity index (χ4n) is 0.129. The molecule has 0 aliphatic carbocycles. The highest BCUT2D eigenvalue weighted by atomic mass is 14.6. The molecule has 0 aromatic heterocycles. The second-order valence-electron chi connectivity index (χ2n) is 0.729. The van der Waals surface area contributed by atoms with Crippen LogP contribution in [0.5, 0.6) is 0 Å². The Morgan fingerprint density at radius 3 is 3.20 bits per heavy atom. The molecule has 0 atom stereocenters. The van der Waals surface area contributed by atoms with E-state index in [0.717, 1.165) is 6.42 Å². The Kier molecular flexibility index (Phi) is 2.12. The van der Waals surface area contributed by atoms with Gasteiger partial charge in [-0.3, -0.25) is 0 Å². The molecule has 0 rings (SSSR count). The van der Waals surface area contributed by atoms with Crippen LogP contribution in [0.1, 0.15) is 14.7 Å². The molecule has 0 aromatic rings. The van der Waals surface area contributed by atoms with Crippen molar-refractivity contribution in [2.45, 2.75) is 13.3 Å². The van der Waals surface area contributed by atoms with Crippen molar-refractivity contribution in [1.82, 2.24) is 0 Å². The normalized spacial score (nSPS) is 12.6. The van der Waals surface area contributed by atoms with E-state index in [-0.39, 0.29) is 0 Å². The zero-order valence-electron chi connectivity index (χ0n) is 4.44. The first-order chi connectivity index (χ1) is 2.91. The van der Waals surface area contributed by atoms with E-state index in [1.165, 1.54) is 0 Å². The predicted molar refractivity (Wildman–Crippen MR) is 24.7 cm³/mol. The molecule has 0 spiro atoms. The Morgan fingerprint density at radius 1 is 2.20 bits per heavy atom. The van der Waals surface area contributed by atoms with Crippen molar-refractivity contribution in [3.8, 4) is 0 Å². The van der Waals surface area contributed by atoms with Crippen LogP contribution in [0, 0.1) is 0 Å². The molecule has 5 heavy (non-hydrogen) atoms. The standard InChI is InChI=1S/C4H9N/c1-3-4-5-2/h4H,3H2,1-2H3/b5-4+/i1D. The van der Waals surface area contributed by atoms with Gasteiger partial charge in [-0.15, -0.1) is 0 Å². The first-order valence-electron chi connectivity index (χ1n) is 2.32. The first kappa shape index (κ1) is 2.88. The smallest absolute Gasteiger partial charge is 0.0273 e. The second kappa shape index (κ2) is 3.67. The molecular weight excluding hydrogens is 62.1 g/mol. The summed E-state index contributed by atoms with van der Waals surface area (Å²) >= 11 is 0. The summed E-state index contributed by atoms with van der Waals surface area (Å²) in [7, 11) is 1.72. The number of hydrogen-bond donors (Lipinski definition) is 0. The van der Waals surface area contributed by atoms with Crippen molar-refractivity contribution in [1.29, 1.82) is 0 Å². The summed E-state index contributed by atoms with van der Waals surface area (Å²) in [6.45, 7) is 0.456. The van der Waals surface area contributed by atoms with Gasteiger partial charge in [0.05, 0.1) is 0 Å². The van der Waals surface area contributed by atoms with Crippen LogP contribution in [-0.2, 0) is 0 Å². The molecule has 0 amide bonds. The molecule has 0 aliphatic rings. The van der Waals surface area contributed by atoms with Gasteiger partial charge >= 0.3 is 0 Å². The Bertz CT molecular complexity index is 42.8. The number of hydrogen-bond acceptors (Lipinski definition) is 1. The predicted octanol–water partition coefficient (Wildman–Crippen LogP) is 1.10. The average Bonchev–Trinajstić information content (AvgIpc) is 1.61. The van der Waals surface area contributed by atoms with Crippen molar-refractivity contribution in [3.05, 3.63) is 0 Å². The van der Waals surface area contributed by atoms with Gasteiger partial charge in [0.1, 0.15) is 0 Å². The van der Waals surface area contributed by atoms with Crippen molar-refractivity contribution >= 4 is 6.21 Å². The van der Waals surface area contributed by atoms with E-state index in [4.69, 9.17) is 1.37 Å². The second-order valence-corrected chi connectivity index (χ2v) is 0.729. The summed E-state index contributed by atoms with van der Waals surface area (Å²) < 4.78 is 6.61. The molecule has 0 aromatic carbocycles. The van der Waals surface area contributed by atoms with Crippen LogP contribution < -0.4 is 0 Å². The summed E-state index contributed by atoms with van der Waals surface area (Å²) in [5.74, 6) is 0. The molecule has 0 heterocycles. The van der Waals surface area contributed by atoms with Gasteiger partial charge in [0.15, 0.2) is 0 Å². The van der Waals surface area contributed by atoms with Crippen molar-refractivity contribution in [2.75, 3.05) is 7.05 Å². The Balaban J connectivity index is 2.66. The molecule has 0 saturated heterocycles. The van der Waals surface area contributed by atoms with Gasteiger partial charge in [0.25, 0.3) is 0 Å². The van der Waals surface area contributed by atoms with Crippen molar-refractivity contribution in [3.63, 3.8) is 0 Å². The maximum absolute atomic E-state index is 6.61. The van der Waals surface area contributed by atoms with Crippen LogP contribution in [0.15, 0.2) is 4.99 Å². The SMILES string of the molecule is [2H]CC/C=N/C. The monoisotopic (exact) mass is 72.1 g/mol.